The number of nitrogens with one attached hydrogen (secondary N) is 2. The summed E-state index contributed by atoms with van der Waals surface area (Å²) in [7, 11) is 0. The van der Waals surface area contributed by atoms with Crippen molar-refractivity contribution in [2.24, 2.45) is 11.8 Å². The standard InChI is InChI=1S/C26H30N2O5/c1-16(25(31)28-23(13-24(29)30)17-7-6-8-17)14-27-26(32)33-15-22-20-11-4-2-9-18(20)19-10-3-5-12-21(19)22/h2-5,9-12,16-17,22-23H,6-8,13-15H2,1H3,(H,27,32)(H,28,31)(H,29,30). The first kappa shape index (κ1) is 22.8. The normalized spacial score (nSPS) is 16.6. The number of hydrogen-bond donors (Lipinski definition) is 3. The summed E-state index contributed by atoms with van der Waals surface area (Å²) in [6, 6.07) is 15.9. The highest BCUT2D eigenvalue weighted by Crippen LogP contribution is 2.44. The molecular weight excluding hydrogens is 420 g/mol. The van der Waals surface area contributed by atoms with Gasteiger partial charge in [0, 0.05) is 18.5 Å². The van der Waals surface area contributed by atoms with E-state index in [2.05, 4.69) is 34.9 Å². The molecule has 2 amide bonds. The molecule has 0 radical (unpaired) electrons. The van der Waals surface area contributed by atoms with Gasteiger partial charge in [0.15, 0.2) is 0 Å². The lowest BCUT2D eigenvalue weighted by atomic mass is 9.78. The molecule has 1 fully saturated rings. The number of ether oxygens (including phenoxy) is 1. The van der Waals surface area contributed by atoms with Crippen LogP contribution in [0.1, 0.15) is 49.7 Å². The first-order valence-corrected chi connectivity index (χ1v) is 11.5. The smallest absolute Gasteiger partial charge is 0.407 e. The predicted molar refractivity (Wildman–Crippen MR) is 124 cm³/mol. The van der Waals surface area contributed by atoms with Gasteiger partial charge in [-0.25, -0.2) is 4.79 Å². The van der Waals surface area contributed by atoms with Crippen molar-refractivity contribution in [3.63, 3.8) is 0 Å². The number of rotatable bonds is 9. The number of amides is 2. The number of carboxylic acids is 1. The molecule has 7 nitrogen and oxygen atoms in total. The van der Waals surface area contributed by atoms with Gasteiger partial charge in [0.25, 0.3) is 0 Å². The van der Waals surface area contributed by atoms with E-state index in [-0.39, 0.29) is 43.4 Å². The summed E-state index contributed by atoms with van der Waals surface area (Å²) >= 11 is 0. The molecule has 4 rings (SSSR count). The summed E-state index contributed by atoms with van der Waals surface area (Å²) in [6.45, 7) is 2.04. The summed E-state index contributed by atoms with van der Waals surface area (Å²) in [5.41, 5.74) is 4.60. The Morgan fingerprint density at radius 2 is 1.64 bits per heavy atom. The zero-order chi connectivity index (χ0) is 23.4. The van der Waals surface area contributed by atoms with Crippen LogP contribution in [0.15, 0.2) is 48.5 Å². The van der Waals surface area contributed by atoms with Crippen molar-refractivity contribution in [2.75, 3.05) is 13.2 Å². The van der Waals surface area contributed by atoms with E-state index in [0.717, 1.165) is 41.5 Å². The Balaban J connectivity index is 1.27. The topological polar surface area (TPSA) is 105 Å². The zero-order valence-electron chi connectivity index (χ0n) is 18.8. The molecule has 2 aliphatic rings. The van der Waals surface area contributed by atoms with Gasteiger partial charge in [0.05, 0.1) is 12.3 Å². The summed E-state index contributed by atoms with van der Waals surface area (Å²) < 4.78 is 5.51. The molecule has 0 heterocycles. The van der Waals surface area contributed by atoms with Crippen LogP contribution in [0, 0.1) is 11.8 Å². The lowest BCUT2D eigenvalue weighted by molar-refractivity contribution is -0.138. The number of benzene rings is 2. The molecule has 2 atom stereocenters. The maximum Gasteiger partial charge on any atom is 0.407 e. The first-order valence-electron chi connectivity index (χ1n) is 11.5. The van der Waals surface area contributed by atoms with E-state index >= 15 is 0 Å². The van der Waals surface area contributed by atoms with Crippen LogP contribution in [-0.2, 0) is 14.3 Å². The molecular formula is C26H30N2O5. The molecule has 0 bridgehead atoms. The third kappa shape index (κ3) is 5.18. The van der Waals surface area contributed by atoms with Gasteiger partial charge in [-0.2, -0.15) is 0 Å². The van der Waals surface area contributed by atoms with Crippen LogP contribution in [0.2, 0.25) is 0 Å². The van der Waals surface area contributed by atoms with E-state index in [1.165, 1.54) is 0 Å². The molecule has 0 aliphatic heterocycles. The average Bonchev–Trinajstić information content (AvgIpc) is 3.08. The molecule has 2 aliphatic carbocycles. The van der Waals surface area contributed by atoms with Gasteiger partial charge in [0.2, 0.25) is 5.91 Å². The summed E-state index contributed by atoms with van der Waals surface area (Å²) in [5, 5.41) is 14.7. The van der Waals surface area contributed by atoms with E-state index in [1.807, 2.05) is 24.3 Å². The minimum Gasteiger partial charge on any atom is -0.481 e. The zero-order valence-corrected chi connectivity index (χ0v) is 18.8. The maximum atomic E-state index is 12.5. The van der Waals surface area contributed by atoms with Gasteiger partial charge in [0.1, 0.15) is 6.61 Å². The Hall–Kier alpha value is -3.35. The second-order valence-corrected chi connectivity index (χ2v) is 9.01. The fraction of sp³-hybridized carbons (Fsp3) is 0.423. The van der Waals surface area contributed by atoms with Crippen molar-refractivity contribution in [3.05, 3.63) is 59.7 Å². The summed E-state index contributed by atoms with van der Waals surface area (Å²) in [5.74, 6) is -1.49. The van der Waals surface area contributed by atoms with Crippen LogP contribution in [0.4, 0.5) is 4.79 Å². The summed E-state index contributed by atoms with van der Waals surface area (Å²) in [6.07, 6.45) is 2.28. The minimum absolute atomic E-state index is 0.0249. The van der Waals surface area contributed by atoms with Crippen molar-refractivity contribution in [2.45, 2.75) is 44.6 Å². The van der Waals surface area contributed by atoms with Crippen LogP contribution in [0.5, 0.6) is 0 Å². The van der Waals surface area contributed by atoms with Crippen LogP contribution in [0.25, 0.3) is 11.1 Å². The number of carbonyl (C=O) groups excluding carboxylic acids is 2. The molecule has 1 saturated carbocycles. The monoisotopic (exact) mass is 450 g/mol. The number of hydrogen-bond acceptors (Lipinski definition) is 4. The Morgan fingerprint density at radius 1 is 1.03 bits per heavy atom. The number of fused-ring (bicyclic) bond motifs is 3. The van der Waals surface area contributed by atoms with Crippen LogP contribution in [0.3, 0.4) is 0 Å². The van der Waals surface area contributed by atoms with E-state index in [1.54, 1.807) is 6.92 Å². The van der Waals surface area contributed by atoms with Crippen LogP contribution < -0.4 is 10.6 Å². The molecule has 33 heavy (non-hydrogen) atoms. The lowest BCUT2D eigenvalue weighted by Crippen LogP contribution is -2.47. The van der Waals surface area contributed by atoms with Crippen LogP contribution in [-0.4, -0.2) is 42.3 Å². The van der Waals surface area contributed by atoms with Gasteiger partial charge in [-0.1, -0.05) is 61.9 Å². The third-order valence-corrected chi connectivity index (χ3v) is 6.78. The molecule has 2 aromatic rings. The third-order valence-electron chi connectivity index (χ3n) is 6.78. The molecule has 0 aromatic heterocycles. The first-order chi connectivity index (χ1) is 15.9. The quantitative estimate of drug-likeness (QED) is 0.537. The average molecular weight is 451 g/mol. The largest absolute Gasteiger partial charge is 0.481 e. The minimum atomic E-state index is -0.920. The van der Waals surface area contributed by atoms with Gasteiger partial charge >= 0.3 is 12.1 Å². The second-order valence-electron chi connectivity index (χ2n) is 9.01. The number of carbonyl (C=O) groups is 3. The SMILES string of the molecule is CC(CNC(=O)OCC1c2ccccc2-c2ccccc21)C(=O)NC(CC(=O)O)C1CCC1. The molecule has 7 heteroatoms. The van der Waals surface area contributed by atoms with E-state index in [0.29, 0.717) is 0 Å². The highest BCUT2D eigenvalue weighted by molar-refractivity contribution is 5.81. The number of alkyl carbamates (subject to hydrolysis) is 1. The molecule has 3 N–H and O–H groups in total. The summed E-state index contributed by atoms with van der Waals surface area (Å²) in [4.78, 5) is 36.0. The van der Waals surface area contributed by atoms with Crippen molar-refractivity contribution in [3.8, 4) is 11.1 Å². The van der Waals surface area contributed by atoms with Crippen LogP contribution >= 0.6 is 0 Å². The van der Waals surface area contributed by atoms with E-state index < -0.39 is 18.0 Å². The predicted octanol–water partition coefficient (Wildman–Crippen LogP) is 3.92. The van der Waals surface area contributed by atoms with E-state index in [9.17, 15) is 14.4 Å². The van der Waals surface area contributed by atoms with Gasteiger partial charge < -0.3 is 20.5 Å². The molecule has 0 saturated heterocycles. The second kappa shape index (κ2) is 10.1. The van der Waals surface area contributed by atoms with Crippen molar-refractivity contribution in [1.82, 2.24) is 10.6 Å². The lowest BCUT2D eigenvalue weighted by Gasteiger charge is -2.34. The Morgan fingerprint density at radius 3 is 2.18 bits per heavy atom. The fourth-order valence-corrected chi connectivity index (χ4v) is 4.67. The fourth-order valence-electron chi connectivity index (χ4n) is 4.67. The molecule has 174 valence electrons. The molecule has 2 aromatic carbocycles. The molecule has 0 spiro atoms. The Bertz CT molecular complexity index is 987. The Kier molecular flexibility index (Phi) is 6.96. The number of carboxylic acid groups (broad SMARTS) is 1. The van der Waals surface area contributed by atoms with E-state index in [4.69, 9.17) is 9.84 Å². The van der Waals surface area contributed by atoms with Crippen molar-refractivity contribution >= 4 is 18.0 Å². The highest BCUT2D eigenvalue weighted by Gasteiger charge is 2.32. The van der Waals surface area contributed by atoms with Gasteiger partial charge in [-0.15, -0.1) is 0 Å². The maximum absolute atomic E-state index is 12.5. The van der Waals surface area contributed by atoms with Crippen molar-refractivity contribution in [1.29, 1.82) is 0 Å². The number of aliphatic carboxylic acids is 1. The van der Waals surface area contributed by atoms with Gasteiger partial charge in [-0.05, 0) is 41.0 Å². The highest BCUT2D eigenvalue weighted by atomic mass is 16.5. The van der Waals surface area contributed by atoms with Crippen molar-refractivity contribution < 1.29 is 24.2 Å². The Labute approximate surface area is 193 Å². The van der Waals surface area contributed by atoms with Gasteiger partial charge in [-0.3, -0.25) is 9.59 Å². The molecule has 2 unspecified atom stereocenters.